The van der Waals surface area contributed by atoms with Crippen molar-refractivity contribution in [2.75, 3.05) is 24.5 Å². The van der Waals surface area contributed by atoms with Crippen molar-refractivity contribution in [1.29, 1.82) is 0 Å². The zero-order valence-corrected chi connectivity index (χ0v) is 17.8. The van der Waals surface area contributed by atoms with Crippen molar-refractivity contribution in [3.8, 4) is 0 Å². The van der Waals surface area contributed by atoms with Crippen molar-refractivity contribution >= 4 is 23.4 Å². The van der Waals surface area contributed by atoms with Gasteiger partial charge in [0.05, 0.1) is 5.92 Å². The molecule has 29 heavy (non-hydrogen) atoms. The Kier molecular flexibility index (Phi) is 6.93. The molecule has 0 bridgehead atoms. The van der Waals surface area contributed by atoms with Crippen LogP contribution >= 0.6 is 0 Å². The first-order valence-electron chi connectivity index (χ1n) is 10.8. The van der Waals surface area contributed by atoms with Crippen LogP contribution in [0.15, 0.2) is 24.3 Å². The van der Waals surface area contributed by atoms with Gasteiger partial charge in [-0.25, -0.2) is 0 Å². The number of aryl methyl sites for hydroxylation is 1. The number of rotatable bonds is 6. The summed E-state index contributed by atoms with van der Waals surface area (Å²) in [5.74, 6) is -0.149. The zero-order chi connectivity index (χ0) is 21.0. The van der Waals surface area contributed by atoms with Gasteiger partial charge in [0.15, 0.2) is 0 Å². The number of piperidine rings is 1. The lowest BCUT2D eigenvalue weighted by Crippen LogP contribution is -2.46. The van der Waals surface area contributed by atoms with Crippen molar-refractivity contribution < 1.29 is 14.4 Å². The number of hydrogen-bond donors (Lipinski definition) is 1. The molecule has 2 aliphatic heterocycles. The third kappa shape index (κ3) is 5.17. The lowest BCUT2D eigenvalue weighted by atomic mass is 9.94. The predicted molar refractivity (Wildman–Crippen MR) is 113 cm³/mol. The fourth-order valence-corrected chi connectivity index (χ4v) is 4.33. The normalized spacial score (nSPS) is 21.3. The topological polar surface area (TPSA) is 69.7 Å². The Morgan fingerprint density at radius 3 is 2.41 bits per heavy atom. The van der Waals surface area contributed by atoms with Crippen LogP contribution in [0.2, 0.25) is 0 Å². The van der Waals surface area contributed by atoms with E-state index in [9.17, 15) is 14.4 Å². The molecule has 6 nitrogen and oxygen atoms in total. The van der Waals surface area contributed by atoms with Gasteiger partial charge in [0.25, 0.3) is 0 Å². The summed E-state index contributed by atoms with van der Waals surface area (Å²) in [5.41, 5.74) is 2.00. The van der Waals surface area contributed by atoms with E-state index >= 15 is 0 Å². The molecule has 0 spiro atoms. The minimum absolute atomic E-state index is 0.00591. The third-order valence-corrected chi connectivity index (χ3v) is 6.11. The van der Waals surface area contributed by atoms with Crippen molar-refractivity contribution in [2.45, 2.75) is 58.9 Å². The molecule has 2 saturated heterocycles. The van der Waals surface area contributed by atoms with Gasteiger partial charge in [0.1, 0.15) is 0 Å². The lowest BCUT2D eigenvalue weighted by Gasteiger charge is -2.33. The number of benzene rings is 1. The summed E-state index contributed by atoms with van der Waals surface area (Å²) in [4.78, 5) is 41.4. The van der Waals surface area contributed by atoms with Gasteiger partial charge in [0, 0.05) is 43.7 Å². The van der Waals surface area contributed by atoms with E-state index in [1.54, 1.807) is 4.90 Å². The molecular formula is C23H33N3O3. The first-order chi connectivity index (χ1) is 13.9. The molecule has 3 rings (SSSR count). The van der Waals surface area contributed by atoms with Gasteiger partial charge in [0.2, 0.25) is 17.7 Å². The van der Waals surface area contributed by atoms with E-state index in [2.05, 4.69) is 12.2 Å². The van der Waals surface area contributed by atoms with Crippen molar-refractivity contribution in [3.63, 3.8) is 0 Å². The highest BCUT2D eigenvalue weighted by Crippen LogP contribution is 2.28. The Labute approximate surface area is 173 Å². The van der Waals surface area contributed by atoms with Crippen LogP contribution in [0.1, 0.15) is 51.5 Å². The smallest absolute Gasteiger partial charge is 0.228 e. The maximum absolute atomic E-state index is 13.0. The molecule has 0 unspecified atom stereocenters. The van der Waals surface area contributed by atoms with Crippen LogP contribution < -0.4 is 10.2 Å². The van der Waals surface area contributed by atoms with Gasteiger partial charge in [-0.1, -0.05) is 31.0 Å². The molecule has 0 radical (unpaired) electrons. The monoisotopic (exact) mass is 399 g/mol. The van der Waals surface area contributed by atoms with Gasteiger partial charge < -0.3 is 15.1 Å². The number of nitrogens with one attached hydrogen (secondary N) is 1. The van der Waals surface area contributed by atoms with Crippen molar-refractivity contribution in [2.24, 2.45) is 11.8 Å². The molecular weight excluding hydrogens is 366 g/mol. The molecule has 2 atom stereocenters. The van der Waals surface area contributed by atoms with Crippen LogP contribution in [0.25, 0.3) is 0 Å². The highest BCUT2D eigenvalue weighted by molar-refractivity contribution is 6.00. The van der Waals surface area contributed by atoms with E-state index < -0.39 is 0 Å². The summed E-state index contributed by atoms with van der Waals surface area (Å²) in [6.07, 6.45) is 3.68. The van der Waals surface area contributed by atoms with E-state index in [0.29, 0.717) is 32.5 Å². The van der Waals surface area contributed by atoms with Gasteiger partial charge >= 0.3 is 0 Å². The Hall–Kier alpha value is -2.37. The molecule has 2 fully saturated rings. The zero-order valence-electron chi connectivity index (χ0n) is 17.8. The predicted octanol–water partition coefficient (Wildman–Crippen LogP) is 2.89. The minimum atomic E-state index is -0.293. The first kappa shape index (κ1) is 21.3. The standard InChI is InChI=1S/C23H33N3O3/c1-4-5-17(3)24-22(28)18-10-12-25(13-11-18)23(29)19-14-21(27)26(15-19)20-8-6-16(2)7-9-20/h6-9,17-19H,4-5,10-15H2,1-3H3,(H,24,28)/t17-,19-/m0/s1. The molecule has 1 aromatic carbocycles. The molecule has 0 aromatic heterocycles. The Morgan fingerprint density at radius 1 is 1.14 bits per heavy atom. The van der Waals surface area contributed by atoms with E-state index in [1.165, 1.54) is 0 Å². The highest BCUT2D eigenvalue weighted by atomic mass is 16.2. The number of anilines is 1. The second kappa shape index (κ2) is 9.42. The summed E-state index contributed by atoms with van der Waals surface area (Å²) in [6.45, 7) is 7.78. The molecule has 6 heteroatoms. The number of carbonyl (C=O) groups excluding carboxylic acids is 3. The molecule has 0 aliphatic carbocycles. The van der Waals surface area contributed by atoms with Crippen molar-refractivity contribution in [3.05, 3.63) is 29.8 Å². The average molecular weight is 400 g/mol. The number of hydrogen-bond acceptors (Lipinski definition) is 3. The molecule has 1 aromatic rings. The first-order valence-corrected chi connectivity index (χ1v) is 10.8. The fourth-order valence-electron chi connectivity index (χ4n) is 4.33. The van der Waals surface area contributed by atoms with Gasteiger partial charge in [-0.2, -0.15) is 0 Å². The van der Waals surface area contributed by atoms with E-state index in [4.69, 9.17) is 0 Å². The van der Waals surface area contributed by atoms with Crippen LogP contribution in [0.3, 0.4) is 0 Å². The van der Waals surface area contributed by atoms with Crippen LogP contribution in [0.4, 0.5) is 5.69 Å². The number of likely N-dealkylation sites (tertiary alicyclic amines) is 1. The molecule has 2 aliphatic rings. The number of carbonyl (C=O) groups is 3. The number of nitrogens with zero attached hydrogens (tertiary/aromatic N) is 2. The fraction of sp³-hybridized carbons (Fsp3) is 0.609. The summed E-state index contributed by atoms with van der Waals surface area (Å²) in [5, 5.41) is 3.09. The van der Waals surface area contributed by atoms with Crippen LogP contribution in [-0.2, 0) is 14.4 Å². The van der Waals surface area contributed by atoms with Gasteiger partial charge in [-0.3, -0.25) is 14.4 Å². The summed E-state index contributed by atoms with van der Waals surface area (Å²) >= 11 is 0. The number of amides is 3. The summed E-state index contributed by atoms with van der Waals surface area (Å²) < 4.78 is 0. The maximum atomic E-state index is 13.0. The SMILES string of the molecule is CCC[C@H](C)NC(=O)C1CCN(C(=O)[C@H]2CC(=O)N(c3ccc(C)cc3)C2)CC1. The van der Waals surface area contributed by atoms with Crippen LogP contribution in [0.5, 0.6) is 0 Å². The lowest BCUT2D eigenvalue weighted by molar-refractivity contribution is -0.139. The van der Waals surface area contributed by atoms with Crippen LogP contribution in [0, 0.1) is 18.8 Å². The van der Waals surface area contributed by atoms with E-state index in [-0.39, 0.29) is 42.0 Å². The minimum Gasteiger partial charge on any atom is -0.353 e. The Bertz CT molecular complexity index is 738. The molecule has 0 saturated carbocycles. The van der Waals surface area contributed by atoms with Crippen LogP contribution in [-0.4, -0.2) is 48.3 Å². The van der Waals surface area contributed by atoms with Crippen molar-refractivity contribution in [1.82, 2.24) is 10.2 Å². The summed E-state index contributed by atoms with van der Waals surface area (Å²) in [7, 11) is 0. The second-order valence-corrected chi connectivity index (χ2v) is 8.54. The Morgan fingerprint density at radius 2 is 1.79 bits per heavy atom. The average Bonchev–Trinajstić information content (AvgIpc) is 3.10. The largest absolute Gasteiger partial charge is 0.353 e. The Balaban J connectivity index is 1.51. The van der Waals surface area contributed by atoms with E-state index in [1.807, 2.05) is 43.0 Å². The highest BCUT2D eigenvalue weighted by Gasteiger charge is 2.38. The maximum Gasteiger partial charge on any atom is 0.228 e. The summed E-state index contributed by atoms with van der Waals surface area (Å²) in [6, 6.07) is 8.03. The molecule has 1 N–H and O–H groups in total. The van der Waals surface area contributed by atoms with Gasteiger partial charge in [-0.05, 0) is 45.2 Å². The third-order valence-electron chi connectivity index (χ3n) is 6.11. The van der Waals surface area contributed by atoms with Gasteiger partial charge in [-0.15, -0.1) is 0 Å². The molecule has 158 valence electrons. The molecule has 2 heterocycles. The quantitative estimate of drug-likeness (QED) is 0.800. The van der Waals surface area contributed by atoms with E-state index in [0.717, 1.165) is 24.1 Å². The molecule has 3 amide bonds. The second-order valence-electron chi connectivity index (χ2n) is 8.54.